The lowest BCUT2D eigenvalue weighted by atomic mass is 10.2. The number of fused-ring (bicyclic) bond motifs is 1. The van der Waals surface area contributed by atoms with E-state index in [2.05, 4.69) is 15.6 Å². The zero-order valence-corrected chi connectivity index (χ0v) is 16.4. The second-order valence-corrected chi connectivity index (χ2v) is 6.82. The fourth-order valence-corrected chi connectivity index (χ4v) is 2.89. The minimum absolute atomic E-state index is 0.0133. The molecule has 0 saturated carbocycles. The van der Waals surface area contributed by atoms with Gasteiger partial charge >= 0.3 is 0 Å². The van der Waals surface area contributed by atoms with Crippen molar-refractivity contribution in [1.82, 2.24) is 9.88 Å². The third-order valence-corrected chi connectivity index (χ3v) is 4.20. The quantitative estimate of drug-likeness (QED) is 0.767. The van der Waals surface area contributed by atoms with Crippen molar-refractivity contribution < 1.29 is 19.1 Å². The van der Waals surface area contributed by atoms with E-state index in [1.165, 1.54) is 0 Å². The number of nitrogens with zero attached hydrogens (tertiary/aromatic N) is 2. The van der Waals surface area contributed by atoms with Crippen LogP contribution >= 0.6 is 11.6 Å². The summed E-state index contributed by atoms with van der Waals surface area (Å²) in [7, 11) is 1.67. The smallest absolute Gasteiger partial charge is 0.239 e. The zero-order valence-electron chi connectivity index (χ0n) is 15.6. The molecule has 0 radical (unpaired) electrons. The van der Waals surface area contributed by atoms with Crippen LogP contribution < -0.4 is 20.1 Å². The predicted molar refractivity (Wildman–Crippen MR) is 106 cm³/mol. The summed E-state index contributed by atoms with van der Waals surface area (Å²) in [6.07, 6.45) is 0. The van der Waals surface area contributed by atoms with Crippen molar-refractivity contribution in [2.24, 2.45) is 0 Å². The number of anilines is 2. The Morgan fingerprint density at radius 1 is 1.11 bits per heavy atom. The Bertz CT molecular complexity index is 890. The van der Waals surface area contributed by atoms with E-state index in [0.29, 0.717) is 41.2 Å². The molecule has 1 aromatic carbocycles. The van der Waals surface area contributed by atoms with Gasteiger partial charge in [-0.05, 0) is 26.1 Å². The van der Waals surface area contributed by atoms with Crippen LogP contribution in [0.4, 0.5) is 11.5 Å². The van der Waals surface area contributed by atoms with Crippen LogP contribution in [-0.2, 0) is 9.59 Å². The average Bonchev–Trinajstić information content (AvgIpc) is 2.62. The number of halogens is 1. The molecular formula is C19H21ClN4O4. The van der Waals surface area contributed by atoms with E-state index in [-0.39, 0.29) is 24.9 Å². The first-order chi connectivity index (χ1) is 13.4. The Morgan fingerprint density at radius 2 is 1.75 bits per heavy atom. The van der Waals surface area contributed by atoms with E-state index in [4.69, 9.17) is 21.1 Å². The van der Waals surface area contributed by atoms with Crippen LogP contribution in [0, 0.1) is 6.92 Å². The Hall–Kier alpha value is -2.84. The zero-order chi connectivity index (χ0) is 20.1. The maximum atomic E-state index is 12.3. The van der Waals surface area contributed by atoms with Gasteiger partial charge in [0.1, 0.15) is 19.0 Å². The number of amides is 2. The normalized spacial score (nSPS) is 12.6. The van der Waals surface area contributed by atoms with Gasteiger partial charge in [-0.2, -0.15) is 0 Å². The second-order valence-electron chi connectivity index (χ2n) is 6.41. The summed E-state index contributed by atoms with van der Waals surface area (Å²) in [5.41, 5.74) is 1.24. The van der Waals surface area contributed by atoms with Gasteiger partial charge in [0.15, 0.2) is 11.5 Å². The fraction of sp³-hybridized carbons (Fsp3) is 0.316. The summed E-state index contributed by atoms with van der Waals surface area (Å²) >= 11 is 6.19. The van der Waals surface area contributed by atoms with Gasteiger partial charge in [-0.25, -0.2) is 4.98 Å². The van der Waals surface area contributed by atoms with E-state index >= 15 is 0 Å². The molecule has 0 bridgehead atoms. The number of hydrogen-bond donors (Lipinski definition) is 2. The topological polar surface area (TPSA) is 92.8 Å². The Balaban J connectivity index is 1.52. The van der Waals surface area contributed by atoms with Crippen LogP contribution in [-0.4, -0.2) is 55.0 Å². The standard InChI is InChI=1S/C19H21ClN4O4/c1-12-4-3-5-17(21-12)23-19(26)11-24(2)10-18(25)22-14-9-16-15(8-13(14)20)27-6-7-28-16/h3-5,8-9H,6-7,10-11H2,1-2H3,(H,22,25)(H,21,23,26). The lowest BCUT2D eigenvalue weighted by molar-refractivity contribution is -0.119. The first-order valence-electron chi connectivity index (χ1n) is 8.72. The van der Waals surface area contributed by atoms with Crippen molar-refractivity contribution in [1.29, 1.82) is 0 Å². The molecule has 9 heteroatoms. The summed E-state index contributed by atoms with van der Waals surface area (Å²) in [4.78, 5) is 30.2. The summed E-state index contributed by atoms with van der Waals surface area (Å²) < 4.78 is 10.9. The van der Waals surface area contributed by atoms with Gasteiger partial charge in [0.25, 0.3) is 0 Å². The number of likely N-dealkylation sites (N-methyl/N-ethyl adjacent to an activating group) is 1. The van der Waals surface area contributed by atoms with E-state index < -0.39 is 0 Å². The molecule has 0 aliphatic carbocycles. The van der Waals surface area contributed by atoms with Gasteiger partial charge in [-0.15, -0.1) is 0 Å². The molecule has 2 aromatic rings. The molecule has 0 atom stereocenters. The van der Waals surface area contributed by atoms with Crippen molar-refractivity contribution in [2.75, 3.05) is 44.0 Å². The highest BCUT2D eigenvalue weighted by atomic mass is 35.5. The van der Waals surface area contributed by atoms with E-state index in [1.807, 2.05) is 19.1 Å². The van der Waals surface area contributed by atoms with Gasteiger partial charge in [0, 0.05) is 17.8 Å². The lowest BCUT2D eigenvalue weighted by Gasteiger charge is -2.20. The first-order valence-corrected chi connectivity index (χ1v) is 9.09. The summed E-state index contributed by atoms with van der Waals surface area (Å²) in [6, 6.07) is 8.60. The molecule has 1 aromatic heterocycles. The van der Waals surface area contributed by atoms with Crippen LogP contribution in [0.25, 0.3) is 0 Å². The van der Waals surface area contributed by atoms with E-state index in [1.54, 1.807) is 30.1 Å². The number of carbonyl (C=O) groups is 2. The Labute approximate surface area is 167 Å². The molecule has 3 rings (SSSR count). The van der Waals surface area contributed by atoms with Crippen molar-refractivity contribution in [3.63, 3.8) is 0 Å². The molecule has 1 aliphatic rings. The molecule has 1 aliphatic heterocycles. The molecule has 2 N–H and O–H groups in total. The maximum Gasteiger partial charge on any atom is 0.239 e. The number of aromatic nitrogens is 1. The van der Waals surface area contributed by atoms with Gasteiger partial charge < -0.3 is 20.1 Å². The molecular weight excluding hydrogens is 384 g/mol. The predicted octanol–water partition coefficient (Wildman–Crippen LogP) is 2.32. The van der Waals surface area contributed by atoms with Crippen LogP contribution in [0.5, 0.6) is 11.5 Å². The summed E-state index contributed by atoms with van der Waals surface area (Å²) in [5, 5.41) is 5.78. The third-order valence-electron chi connectivity index (χ3n) is 3.89. The molecule has 148 valence electrons. The fourth-order valence-electron chi connectivity index (χ4n) is 2.69. The highest BCUT2D eigenvalue weighted by molar-refractivity contribution is 6.34. The Morgan fingerprint density at radius 3 is 2.43 bits per heavy atom. The molecule has 2 amide bonds. The number of hydrogen-bond acceptors (Lipinski definition) is 6. The number of aryl methyl sites for hydroxylation is 1. The molecule has 0 spiro atoms. The van der Waals surface area contributed by atoms with Crippen molar-refractivity contribution in [2.45, 2.75) is 6.92 Å². The van der Waals surface area contributed by atoms with Gasteiger partial charge in [-0.3, -0.25) is 14.5 Å². The molecule has 0 saturated heterocycles. The van der Waals surface area contributed by atoms with E-state index in [0.717, 1.165) is 5.69 Å². The highest BCUT2D eigenvalue weighted by Gasteiger charge is 2.17. The Kier molecular flexibility index (Phi) is 6.33. The summed E-state index contributed by atoms with van der Waals surface area (Å²) in [5.74, 6) is 0.997. The second kappa shape index (κ2) is 8.90. The first kappa shape index (κ1) is 19.9. The number of pyridine rings is 1. The molecule has 0 fully saturated rings. The number of benzene rings is 1. The monoisotopic (exact) mass is 404 g/mol. The van der Waals surface area contributed by atoms with Crippen LogP contribution in [0.3, 0.4) is 0 Å². The van der Waals surface area contributed by atoms with Crippen molar-refractivity contribution in [3.05, 3.63) is 41.0 Å². The number of rotatable bonds is 6. The lowest BCUT2D eigenvalue weighted by Crippen LogP contribution is -2.36. The highest BCUT2D eigenvalue weighted by Crippen LogP contribution is 2.37. The molecule has 2 heterocycles. The third kappa shape index (κ3) is 5.34. The minimum atomic E-state index is -0.303. The van der Waals surface area contributed by atoms with Crippen LogP contribution in [0.15, 0.2) is 30.3 Å². The van der Waals surface area contributed by atoms with Crippen molar-refractivity contribution in [3.8, 4) is 11.5 Å². The summed E-state index contributed by atoms with van der Waals surface area (Å²) in [6.45, 7) is 2.79. The minimum Gasteiger partial charge on any atom is -0.486 e. The molecule has 0 unspecified atom stereocenters. The number of nitrogens with one attached hydrogen (secondary N) is 2. The van der Waals surface area contributed by atoms with Gasteiger partial charge in [0.2, 0.25) is 11.8 Å². The van der Waals surface area contributed by atoms with Crippen LogP contribution in [0.1, 0.15) is 5.69 Å². The largest absolute Gasteiger partial charge is 0.486 e. The SMILES string of the molecule is Cc1cccc(NC(=O)CN(C)CC(=O)Nc2cc3c(cc2Cl)OCCO3)n1. The van der Waals surface area contributed by atoms with Gasteiger partial charge in [0.05, 0.1) is 23.8 Å². The van der Waals surface area contributed by atoms with Crippen LogP contribution in [0.2, 0.25) is 5.02 Å². The maximum absolute atomic E-state index is 12.3. The average molecular weight is 405 g/mol. The number of carbonyl (C=O) groups excluding carboxylic acids is 2. The molecule has 28 heavy (non-hydrogen) atoms. The number of ether oxygens (including phenoxy) is 2. The van der Waals surface area contributed by atoms with Crippen molar-refractivity contribution >= 4 is 34.9 Å². The molecule has 8 nitrogen and oxygen atoms in total. The van der Waals surface area contributed by atoms with Gasteiger partial charge in [-0.1, -0.05) is 17.7 Å². The van der Waals surface area contributed by atoms with E-state index in [9.17, 15) is 9.59 Å².